The van der Waals surface area contributed by atoms with Crippen LogP contribution in [0, 0.1) is 0 Å². The molecule has 5 nitrogen and oxygen atoms in total. The van der Waals surface area contributed by atoms with E-state index in [2.05, 4.69) is 5.10 Å². The zero-order chi connectivity index (χ0) is 22.5. The zero-order valence-electron chi connectivity index (χ0n) is 17.6. The number of nitrogens with zero attached hydrogens (tertiary/aromatic N) is 2. The molecule has 3 aromatic rings. The monoisotopic (exact) mass is 464 g/mol. The minimum Gasteiger partial charge on any atom is -0.493 e. The maximum atomic E-state index is 13.3. The van der Waals surface area contributed by atoms with Gasteiger partial charge in [0.2, 0.25) is 0 Å². The van der Waals surface area contributed by atoms with Crippen LogP contribution in [-0.2, 0) is 4.79 Å². The van der Waals surface area contributed by atoms with E-state index < -0.39 is 0 Å². The molecule has 0 aromatic heterocycles. The van der Waals surface area contributed by atoms with Gasteiger partial charge in [0.05, 0.1) is 31.2 Å². The number of carbonyl (C=O) groups is 1. The van der Waals surface area contributed by atoms with Gasteiger partial charge in [-0.3, -0.25) is 4.79 Å². The number of ether oxygens (including phenoxy) is 2. The largest absolute Gasteiger partial charge is 0.493 e. The highest BCUT2D eigenvalue weighted by Gasteiger charge is 2.31. The van der Waals surface area contributed by atoms with Crippen LogP contribution in [0.5, 0.6) is 11.5 Å². The van der Waals surface area contributed by atoms with Crippen molar-refractivity contribution < 1.29 is 14.3 Å². The van der Waals surface area contributed by atoms with E-state index in [0.717, 1.165) is 16.1 Å². The van der Waals surface area contributed by atoms with Crippen LogP contribution in [-0.4, -0.2) is 31.6 Å². The summed E-state index contributed by atoms with van der Waals surface area (Å²) in [5.74, 6) is 1.60. The summed E-state index contributed by atoms with van der Waals surface area (Å²) in [5, 5.41) is 6.79. The van der Waals surface area contributed by atoms with E-state index in [1.54, 1.807) is 26.0 Å². The number of hydrogen-bond donors (Lipinski definition) is 0. The van der Waals surface area contributed by atoms with Gasteiger partial charge >= 0.3 is 0 Å². The van der Waals surface area contributed by atoms with Crippen LogP contribution in [0.1, 0.15) is 5.56 Å². The first-order valence-electron chi connectivity index (χ1n) is 9.88. The molecule has 3 aromatic carbocycles. The van der Waals surface area contributed by atoms with Crippen LogP contribution in [0.25, 0.3) is 6.08 Å². The fourth-order valence-electron chi connectivity index (χ4n) is 3.25. The van der Waals surface area contributed by atoms with Crippen molar-refractivity contribution in [3.63, 3.8) is 0 Å². The number of hydrogen-bond acceptors (Lipinski definition) is 5. The number of benzene rings is 3. The van der Waals surface area contributed by atoms with Gasteiger partial charge < -0.3 is 9.47 Å². The molecule has 32 heavy (non-hydrogen) atoms. The molecule has 0 aliphatic carbocycles. The Labute approximate surface area is 196 Å². The van der Waals surface area contributed by atoms with E-state index in [0.29, 0.717) is 33.6 Å². The first-order valence-corrected chi connectivity index (χ1v) is 11.2. The number of methoxy groups -OCH3 is 2. The van der Waals surface area contributed by atoms with Gasteiger partial charge in [-0.2, -0.15) is 10.1 Å². The second kappa shape index (κ2) is 9.94. The van der Waals surface area contributed by atoms with Gasteiger partial charge in [0.25, 0.3) is 5.91 Å². The highest BCUT2D eigenvalue weighted by Crippen LogP contribution is 2.31. The first-order chi connectivity index (χ1) is 15.6. The smallest absolute Gasteiger partial charge is 0.280 e. The number of thioether (sulfide) groups is 1. The molecule has 4 rings (SSSR count). The average Bonchev–Trinajstić information content (AvgIpc) is 3.14. The molecule has 0 radical (unpaired) electrons. The lowest BCUT2D eigenvalue weighted by Gasteiger charge is -2.11. The molecule has 0 spiro atoms. The molecule has 0 atom stereocenters. The van der Waals surface area contributed by atoms with Gasteiger partial charge in [-0.05, 0) is 60.2 Å². The molecule has 0 bridgehead atoms. The Morgan fingerprint density at radius 3 is 2.38 bits per heavy atom. The summed E-state index contributed by atoms with van der Waals surface area (Å²) in [7, 11) is 3.18. The predicted octanol–water partition coefficient (Wildman–Crippen LogP) is 5.94. The highest BCUT2D eigenvalue weighted by molar-refractivity contribution is 8.00. The minimum absolute atomic E-state index is 0.169. The van der Waals surface area contributed by atoms with E-state index in [4.69, 9.17) is 21.1 Å². The Morgan fingerprint density at radius 2 is 1.69 bits per heavy atom. The third-order valence-corrected chi connectivity index (χ3v) is 6.14. The number of para-hydroxylation sites is 1. The van der Waals surface area contributed by atoms with Crippen LogP contribution in [0.4, 0.5) is 5.69 Å². The van der Waals surface area contributed by atoms with Gasteiger partial charge in [0, 0.05) is 15.7 Å². The van der Waals surface area contributed by atoms with Gasteiger partial charge in [0.1, 0.15) is 0 Å². The fraction of sp³-hybridized carbons (Fsp3) is 0.120. The van der Waals surface area contributed by atoms with Crippen LogP contribution in [0.15, 0.2) is 88.4 Å². The molecular weight excluding hydrogens is 444 g/mol. The summed E-state index contributed by atoms with van der Waals surface area (Å²) >= 11 is 7.59. The molecular formula is C25H21ClN2O3S. The van der Waals surface area contributed by atoms with E-state index in [-0.39, 0.29) is 5.91 Å². The molecule has 0 N–H and O–H groups in total. The number of anilines is 1. The van der Waals surface area contributed by atoms with Crippen LogP contribution in [0.3, 0.4) is 0 Å². The Bertz CT molecular complexity index is 1180. The molecule has 0 saturated carbocycles. The van der Waals surface area contributed by atoms with Crippen molar-refractivity contribution in [2.24, 2.45) is 5.10 Å². The topological polar surface area (TPSA) is 51.1 Å². The van der Waals surface area contributed by atoms with Gasteiger partial charge in [-0.1, -0.05) is 35.9 Å². The SMILES string of the molecule is COc1ccc(C=C2C(=O)N(c3ccccc3)N=C2CSc2ccc(Cl)cc2)cc1OC. The summed E-state index contributed by atoms with van der Waals surface area (Å²) in [6, 6.07) is 22.6. The lowest BCUT2D eigenvalue weighted by Crippen LogP contribution is -2.21. The summed E-state index contributed by atoms with van der Waals surface area (Å²) in [4.78, 5) is 14.4. The molecule has 162 valence electrons. The zero-order valence-corrected chi connectivity index (χ0v) is 19.2. The number of halogens is 1. The van der Waals surface area contributed by atoms with Crippen molar-refractivity contribution in [1.82, 2.24) is 0 Å². The van der Waals surface area contributed by atoms with Crippen LogP contribution >= 0.6 is 23.4 Å². The molecule has 7 heteroatoms. The van der Waals surface area contributed by atoms with Crippen molar-refractivity contribution in [3.8, 4) is 11.5 Å². The van der Waals surface area contributed by atoms with Crippen LogP contribution < -0.4 is 14.5 Å². The van der Waals surface area contributed by atoms with E-state index in [1.807, 2.05) is 78.9 Å². The Morgan fingerprint density at radius 1 is 0.969 bits per heavy atom. The van der Waals surface area contributed by atoms with Gasteiger partial charge in [0.15, 0.2) is 11.5 Å². The van der Waals surface area contributed by atoms with E-state index in [9.17, 15) is 4.79 Å². The second-order valence-electron chi connectivity index (χ2n) is 6.91. The Hall–Kier alpha value is -3.22. The quantitative estimate of drug-likeness (QED) is 0.321. The molecule has 0 fully saturated rings. The molecule has 1 heterocycles. The standard InChI is InChI=1S/C25H21ClN2O3S/c1-30-23-13-8-17(15-24(23)31-2)14-21-22(16-32-20-11-9-18(26)10-12-20)27-28(25(21)29)19-6-4-3-5-7-19/h3-15H,16H2,1-2H3. The van der Waals surface area contributed by atoms with Gasteiger partial charge in [-0.25, -0.2) is 0 Å². The number of rotatable bonds is 7. The van der Waals surface area contributed by atoms with Gasteiger partial charge in [-0.15, -0.1) is 11.8 Å². The molecule has 1 aliphatic rings. The Kier molecular flexibility index (Phi) is 6.83. The molecule has 1 aliphatic heterocycles. The van der Waals surface area contributed by atoms with Crippen molar-refractivity contribution in [1.29, 1.82) is 0 Å². The molecule has 0 unspecified atom stereocenters. The first kappa shape index (κ1) is 22.0. The highest BCUT2D eigenvalue weighted by atomic mass is 35.5. The third kappa shape index (κ3) is 4.82. The van der Waals surface area contributed by atoms with E-state index >= 15 is 0 Å². The number of hydrazone groups is 1. The summed E-state index contributed by atoms with van der Waals surface area (Å²) in [5.41, 5.74) is 2.79. The summed E-state index contributed by atoms with van der Waals surface area (Å²) in [6.45, 7) is 0. The lowest BCUT2D eigenvalue weighted by atomic mass is 10.1. The molecule has 0 saturated heterocycles. The summed E-state index contributed by atoms with van der Waals surface area (Å²) < 4.78 is 10.7. The van der Waals surface area contributed by atoms with Crippen LogP contribution in [0.2, 0.25) is 5.02 Å². The maximum absolute atomic E-state index is 13.3. The normalized spacial score (nSPS) is 14.6. The van der Waals surface area contributed by atoms with Crippen molar-refractivity contribution in [3.05, 3.63) is 89.0 Å². The maximum Gasteiger partial charge on any atom is 0.280 e. The third-order valence-electron chi connectivity index (χ3n) is 4.86. The fourth-order valence-corrected chi connectivity index (χ4v) is 4.22. The van der Waals surface area contributed by atoms with E-state index in [1.165, 1.54) is 5.01 Å². The summed E-state index contributed by atoms with van der Waals surface area (Å²) in [6.07, 6.45) is 1.84. The van der Waals surface area contributed by atoms with Crippen molar-refractivity contribution >= 4 is 46.7 Å². The number of carbonyl (C=O) groups excluding carboxylic acids is 1. The van der Waals surface area contributed by atoms with Crippen molar-refractivity contribution in [2.45, 2.75) is 4.90 Å². The average molecular weight is 465 g/mol. The predicted molar refractivity (Wildman–Crippen MR) is 131 cm³/mol. The van der Waals surface area contributed by atoms with Crippen molar-refractivity contribution in [2.75, 3.05) is 25.0 Å². The Balaban J connectivity index is 1.67. The lowest BCUT2D eigenvalue weighted by molar-refractivity contribution is -0.114. The minimum atomic E-state index is -0.169. The molecule has 1 amide bonds. The second-order valence-corrected chi connectivity index (χ2v) is 8.40. The number of amides is 1.